The predicted molar refractivity (Wildman–Crippen MR) is 68.9 cm³/mol. The quantitative estimate of drug-likeness (QED) is 0.487. The topological polar surface area (TPSA) is 48.3 Å². The highest BCUT2D eigenvalue weighted by atomic mass is 35.5. The van der Waals surface area contributed by atoms with E-state index in [4.69, 9.17) is 16.3 Å². The molecule has 0 radical (unpaired) electrons. The highest BCUT2D eigenvalue weighted by Gasteiger charge is 2.21. The zero-order valence-corrected chi connectivity index (χ0v) is 10.8. The average molecular weight is 266 g/mol. The molecular formula is C13H12ClNO3. The zero-order valence-electron chi connectivity index (χ0n) is 10.1. The fourth-order valence-corrected chi connectivity index (χ4v) is 1.99. The van der Waals surface area contributed by atoms with Crippen LogP contribution in [0, 0.1) is 0 Å². The Morgan fingerprint density at radius 2 is 2.06 bits per heavy atom. The molecule has 0 aliphatic rings. The highest BCUT2D eigenvalue weighted by molar-refractivity contribution is 6.40. The molecule has 18 heavy (non-hydrogen) atoms. The Morgan fingerprint density at radius 1 is 1.33 bits per heavy atom. The molecule has 0 aliphatic carbocycles. The van der Waals surface area contributed by atoms with Gasteiger partial charge in [-0.2, -0.15) is 0 Å². The van der Waals surface area contributed by atoms with Gasteiger partial charge in [0, 0.05) is 23.0 Å². The molecule has 0 bridgehead atoms. The fraction of sp³-hybridized carbons (Fsp3) is 0.231. The number of carbonyl (C=O) groups is 2. The van der Waals surface area contributed by atoms with Crippen LogP contribution in [0.25, 0.3) is 10.9 Å². The number of Topliss-reactive ketones (excluding diaryl/α,β-unsaturated/α-hetero) is 1. The Hall–Kier alpha value is -1.81. The molecule has 1 heterocycles. The second kappa shape index (κ2) is 4.82. The van der Waals surface area contributed by atoms with Gasteiger partial charge in [0.05, 0.1) is 12.3 Å². The lowest BCUT2D eigenvalue weighted by molar-refractivity contribution is -0.137. The number of rotatable bonds is 3. The Bertz CT molecular complexity index is 630. The normalized spacial score (nSPS) is 10.6. The molecule has 0 amide bonds. The minimum absolute atomic E-state index is 0.181. The van der Waals surface area contributed by atoms with E-state index < -0.39 is 11.8 Å². The van der Waals surface area contributed by atoms with Crippen molar-refractivity contribution in [2.24, 2.45) is 7.05 Å². The van der Waals surface area contributed by atoms with Crippen LogP contribution in [0.3, 0.4) is 0 Å². The third-order valence-corrected chi connectivity index (χ3v) is 2.94. The first-order chi connectivity index (χ1) is 8.54. The maximum atomic E-state index is 11.9. The lowest BCUT2D eigenvalue weighted by atomic mass is 10.2. The van der Waals surface area contributed by atoms with Gasteiger partial charge < -0.3 is 9.30 Å². The van der Waals surface area contributed by atoms with Gasteiger partial charge in [-0.15, -0.1) is 0 Å². The molecule has 0 fully saturated rings. The Kier molecular flexibility index (Phi) is 3.39. The largest absolute Gasteiger partial charge is 0.460 e. The molecular weight excluding hydrogens is 254 g/mol. The van der Waals surface area contributed by atoms with E-state index in [9.17, 15) is 9.59 Å². The smallest absolute Gasteiger partial charge is 0.381 e. The Morgan fingerprint density at radius 3 is 2.72 bits per heavy atom. The molecule has 1 aromatic carbocycles. The van der Waals surface area contributed by atoms with E-state index in [1.807, 2.05) is 0 Å². The number of aromatic nitrogens is 1. The summed E-state index contributed by atoms with van der Waals surface area (Å²) in [6.07, 6.45) is 0. The molecule has 4 nitrogen and oxygen atoms in total. The Balaban J connectivity index is 2.49. The molecule has 0 saturated carbocycles. The summed E-state index contributed by atoms with van der Waals surface area (Å²) in [7, 11) is 1.71. The molecule has 2 aromatic rings. The maximum absolute atomic E-state index is 11.9. The van der Waals surface area contributed by atoms with Crippen molar-refractivity contribution in [2.45, 2.75) is 6.92 Å². The number of benzene rings is 1. The van der Waals surface area contributed by atoms with Crippen LogP contribution in [0.15, 0.2) is 24.3 Å². The van der Waals surface area contributed by atoms with E-state index in [0.29, 0.717) is 10.7 Å². The van der Waals surface area contributed by atoms with Gasteiger partial charge in [0.25, 0.3) is 5.78 Å². The highest BCUT2D eigenvalue weighted by Crippen LogP contribution is 2.23. The molecule has 0 spiro atoms. The van der Waals surface area contributed by atoms with E-state index in [2.05, 4.69) is 0 Å². The number of halogens is 1. The lowest BCUT2D eigenvalue weighted by Crippen LogP contribution is -2.19. The van der Waals surface area contributed by atoms with Gasteiger partial charge in [0.2, 0.25) is 0 Å². The summed E-state index contributed by atoms with van der Waals surface area (Å²) in [5, 5.41) is 1.44. The summed E-state index contributed by atoms with van der Waals surface area (Å²) in [6, 6.07) is 6.95. The van der Waals surface area contributed by atoms with Crippen molar-refractivity contribution < 1.29 is 14.3 Å². The Labute approximate surface area is 109 Å². The van der Waals surface area contributed by atoms with Crippen LogP contribution in [0.2, 0.25) is 5.02 Å². The predicted octanol–water partition coefficient (Wildman–Crippen LogP) is 2.58. The van der Waals surface area contributed by atoms with Crippen molar-refractivity contribution in [2.75, 3.05) is 6.61 Å². The van der Waals surface area contributed by atoms with Crippen molar-refractivity contribution in [3.8, 4) is 0 Å². The van der Waals surface area contributed by atoms with Crippen LogP contribution in [0.4, 0.5) is 0 Å². The third-order valence-electron chi connectivity index (χ3n) is 2.70. The van der Waals surface area contributed by atoms with E-state index in [1.165, 1.54) is 0 Å². The summed E-state index contributed by atoms with van der Waals surface area (Å²) in [4.78, 5) is 23.3. The van der Waals surface area contributed by atoms with E-state index in [-0.39, 0.29) is 6.61 Å². The molecule has 1 aromatic heterocycles. The second-order valence-electron chi connectivity index (χ2n) is 3.84. The van der Waals surface area contributed by atoms with Crippen LogP contribution in [-0.2, 0) is 16.6 Å². The van der Waals surface area contributed by atoms with Crippen LogP contribution < -0.4 is 0 Å². The minimum Gasteiger partial charge on any atom is -0.460 e. The third kappa shape index (κ3) is 2.11. The van der Waals surface area contributed by atoms with Gasteiger partial charge in [-0.1, -0.05) is 17.7 Å². The summed E-state index contributed by atoms with van der Waals surface area (Å²) in [5.41, 5.74) is 1.10. The van der Waals surface area contributed by atoms with Gasteiger partial charge >= 0.3 is 5.97 Å². The summed E-state index contributed by atoms with van der Waals surface area (Å²) < 4.78 is 6.34. The fourth-order valence-electron chi connectivity index (χ4n) is 1.82. The first-order valence-corrected chi connectivity index (χ1v) is 5.88. The summed E-state index contributed by atoms with van der Waals surface area (Å²) in [5.74, 6) is -1.49. The molecule has 2 rings (SSSR count). The van der Waals surface area contributed by atoms with E-state index in [1.54, 1.807) is 42.8 Å². The average Bonchev–Trinajstić information content (AvgIpc) is 2.66. The SMILES string of the molecule is CCOC(=O)C(=O)c1cc2ccc(Cl)cc2n1C. The second-order valence-corrected chi connectivity index (χ2v) is 4.28. The summed E-state index contributed by atoms with van der Waals surface area (Å²) in [6.45, 7) is 1.84. The van der Waals surface area contributed by atoms with Crippen LogP contribution >= 0.6 is 11.6 Å². The number of ketones is 1. The standard InChI is InChI=1S/C13H12ClNO3/c1-3-18-13(17)12(16)11-6-8-4-5-9(14)7-10(8)15(11)2/h4-7H,3H2,1-2H3. The molecule has 0 atom stereocenters. The molecule has 0 aliphatic heterocycles. The van der Waals surface area contributed by atoms with Crippen molar-refractivity contribution in [1.29, 1.82) is 0 Å². The number of nitrogens with zero attached hydrogens (tertiary/aromatic N) is 1. The molecule has 5 heteroatoms. The number of hydrogen-bond acceptors (Lipinski definition) is 3. The van der Waals surface area contributed by atoms with Crippen LogP contribution in [-0.4, -0.2) is 22.9 Å². The first-order valence-electron chi connectivity index (χ1n) is 5.51. The molecule has 94 valence electrons. The molecule has 0 unspecified atom stereocenters. The number of ether oxygens (including phenoxy) is 1. The van der Waals surface area contributed by atoms with Crippen LogP contribution in [0.1, 0.15) is 17.4 Å². The monoisotopic (exact) mass is 265 g/mol. The van der Waals surface area contributed by atoms with Gasteiger partial charge in [0.1, 0.15) is 0 Å². The van der Waals surface area contributed by atoms with Crippen molar-refractivity contribution in [3.05, 3.63) is 35.0 Å². The number of carbonyl (C=O) groups excluding carboxylic acids is 2. The van der Waals surface area contributed by atoms with E-state index >= 15 is 0 Å². The van der Waals surface area contributed by atoms with Gasteiger partial charge in [-0.05, 0) is 25.1 Å². The lowest BCUT2D eigenvalue weighted by Gasteiger charge is -2.03. The van der Waals surface area contributed by atoms with E-state index in [0.717, 1.165) is 10.9 Å². The number of fused-ring (bicyclic) bond motifs is 1. The first kappa shape index (κ1) is 12.6. The number of hydrogen-bond donors (Lipinski definition) is 0. The summed E-state index contributed by atoms with van der Waals surface area (Å²) >= 11 is 5.90. The van der Waals surface area contributed by atoms with Crippen molar-refractivity contribution in [1.82, 2.24) is 4.57 Å². The van der Waals surface area contributed by atoms with Crippen molar-refractivity contribution in [3.63, 3.8) is 0 Å². The molecule has 0 N–H and O–H groups in total. The minimum atomic E-state index is -0.838. The number of esters is 1. The van der Waals surface area contributed by atoms with Crippen LogP contribution in [0.5, 0.6) is 0 Å². The number of aryl methyl sites for hydroxylation is 1. The zero-order chi connectivity index (χ0) is 13.3. The van der Waals surface area contributed by atoms with Gasteiger partial charge in [-0.25, -0.2) is 4.79 Å². The van der Waals surface area contributed by atoms with Crippen molar-refractivity contribution >= 4 is 34.3 Å². The maximum Gasteiger partial charge on any atom is 0.381 e. The molecule has 0 saturated heterocycles. The van der Waals surface area contributed by atoms with Gasteiger partial charge in [0.15, 0.2) is 0 Å². The van der Waals surface area contributed by atoms with Gasteiger partial charge in [-0.3, -0.25) is 4.79 Å².